The summed E-state index contributed by atoms with van der Waals surface area (Å²) in [7, 11) is 0. The summed E-state index contributed by atoms with van der Waals surface area (Å²) in [5.74, 6) is 0. The summed E-state index contributed by atoms with van der Waals surface area (Å²) in [6.45, 7) is 6.46. The van der Waals surface area contributed by atoms with E-state index < -0.39 is 0 Å². The molecule has 0 amide bonds. The molecule has 0 saturated heterocycles. The van der Waals surface area contributed by atoms with Crippen molar-refractivity contribution >= 4 is 10.8 Å². The third-order valence-electron chi connectivity index (χ3n) is 2.30. The maximum atomic E-state index is 4.04. The van der Waals surface area contributed by atoms with Crippen molar-refractivity contribution in [2.75, 3.05) is 0 Å². The summed E-state index contributed by atoms with van der Waals surface area (Å²) in [5.41, 5.74) is 1.30. The monoisotopic (exact) mass is 201 g/mol. The maximum absolute atomic E-state index is 4.04. The summed E-state index contributed by atoms with van der Waals surface area (Å²) in [6.07, 6.45) is 6.34. The van der Waals surface area contributed by atoms with Gasteiger partial charge in [0, 0.05) is 17.8 Å². The number of nitrogens with zero attached hydrogens (tertiary/aromatic N) is 1. The van der Waals surface area contributed by atoms with Gasteiger partial charge < -0.3 is 0 Å². The molecule has 2 rings (SSSR count). The van der Waals surface area contributed by atoms with Crippen LogP contribution in [0.2, 0.25) is 0 Å². The van der Waals surface area contributed by atoms with Crippen LogP contribution in [-0.2, 0) is 0 Å². The summed E-state index contributed by atoms with van der Waals surface area (Å²) in [6, 6.07) is 8.39. The summed E-state index contributed by atoms with van der Waals surface area (Å²) >= 11 is 0. The molecule has 0 unspecified atom stereocenters. The quantitative estimate of drug-likeness (QED) is 0.668. The fourth-order valence-corrected chi connectivity index (χ4v) is 1.20. The lowest BCUT2D eigenvalue weighted by atomic mass is 10.1. The zero-order valence-electron chi connectivity index (χ0n) is 9.83. The summed E-state index contributed by atoms with van der Waals surface area (Å²) in [4.78, 5) is 4.04. The highest BCUT2D eigenvalue weighted by Crippen LogP contribution is 2.12. The number of rotatable bonds is 1. The average Bonchev–Trinajstić information content (AvgIpc) is 2.29. The van der Waals surface area contributed by atoms with Gasteiger partial charge in [-0.05, 0) is 18.4 Å². The smallest absolute Gasteiger partial charge is 0.0346 e. The lowest BCUT2D eigenvalue weighted by Gasteiger charge is -1.96. The Hall–Kier alpha value is -1.37. The second-order valence-electron chi connectivity index (χ2n) is 3.73. The minimum absolute atomic E-state index is 1.21. The Morgan fingerprint density at radius 1 is 1.00 bits per heavy atom. The van der Waals surface area contributed by atoms with Crippen LogP contribution in [0.4, 0.5) is 0 Å². The van der Waals surface area contributed by atoms with Crippen LogP contribution in [0.15, 0.2) is 36.7 Å². The molecule has 0 aliphatic carbocycles. The molecule has 0 N–H and O–H groups in total. The van der Waals surface area contributed by atoms with Crippen LogP contribution >= 0.6 is 0 Å². The highest BCUT2D eigenvalue weighted by atomic mass is 14.6. The van der Waals surface area contributed by atoms with Crippen LogP contribution in [-0.4, -0.2) is 4.98 Å². The molecule has 1 nitrogen and oxygen atoms in total. The number of hydrogen-bond donors (Lipinski definition) is 0. The molecule has 0 atom stereocenters. The molecule has 0 radical (unpaired) electrons. The molecule has 0 saturated carbocycles. The molecule has 1 aromatic heterocycles. The van der Waals surface area contributed by atoms with E-state index in [0.29, 0.717) is 0 Å². The molecule has 0 bridgehead atoms. The predicted octanol–water partition coefficient (Wildman–Crippen LogP) is 4.35. The van der Waals surface area contributed by atoms with Crippen molar-refractivity contribution in [1.29, 1.82) is 0 Å². The zero-order chi connectivity index (χ0) is 11.1. The highest BCUT2D eigenvalue weighted by molar-refractivity contribution is 5.81. The Labute approximate surface area is 92.2 Å². The lowest BCUT2D eigenvalue weighted by Crippen LogP contribution is -1.75. The van der Waals surface area contributed by atoms with Gasteiger partial charge in [-0.25, -0.2) is 0 Å². The Morgan fingerprint density at radius 3 is 2.40 bits per heavy atom. The normalized spacial score (nSPS) is 9.53. The first-order valence-electron chi connectivity index (χ1n) is 5.58. The van der Waals surface area contributed by atoms with Crippen LogP contribution in [0.5, 0.6) is 0 Å². The number of hydrogen-bond acceptors (Lipinski definition) is 1. The summed E-state index contributed by atoms with van der Waals surface area (Å²) in [5, 5.41) is 2.47. The molecular formula is C14H19N. The highest BCUT2D eigenvalue weighted by Gasteiger charge is 1.90. The third kappa shape index (κ3) is 3.70. The van der Waals surface area contributed by atoms with Gasteiger partial charge in [-0.15, -0.1) is 0 Å². The van der Waals surface area contributed by atoms with E-state index in [4.69, 9.17) is 0 Å². The molecule has 0 fully saturated rings. The van der Waals surface area contributed by atoms with Crippen molar-refractivity contribution < 1.29 is 0 Å². The topological polar surface area (TPSA) is 12.9 Å². The standard InChI is InChI=1S/C10H9N.C4H10/c1-8-2-3-10-7-11-5-4-9(10)6-8;1-3-4-2/h2-7H,1H3;3-4H2,1-2H3. The van der Waals surface area contributed by atoms with Gasteiger partial charge in [0.2, 0.25) is 0 Å². The molecule has 0 aliphatic heterocycles. The van der Waals surface area contributed by atoms with Crippen molar-refractivity contribution in [3.8, 4) is 0 Å². The van der Waals surface area contributed by atoms with Gasteiger partial charge in [0.15, 0.2) is 0 Å². The van der Waals surface area contributed by atoms with Crippen LogP contribution in [0.1, 0.15) is 32.3 Å². The van der Waals surface area contributed by atoms with Crippen molar-refractivity contribution in [3.63, 3.8) is 0 Å². The average molecular weight is 201 g/mol. The predicted molar refractivity (Wildman–Crippen MR) is 67.1 cm³/mol. The van der Waals surface area contributed by atoms with Crippen molar-refractivity contribution in [2.24, 2.45) is 0 Å². The van der Waals surface area contributed by atoms with Crippen molar-refractivity contribution in [3.05, 3.63) is 42.2 Å². The molecule has 1 aromatic carbocycles. The van der Waals surface area contributed by atoms with Gasteiger partial charge in [-0.3, -0.25) is 4.98 Å². The molecule has 0 aliphatic rings. The molecule has 1 heteroatoms. The lowest BCUT2D eigenvalue weighted by molar-refractivity contribution is 0.886. The van der Waals surface area contributed by atoms with Gasteiger partial charge in [-0.1, -0.05) is 50.5 Å². The Morgan fingerprint density at radius 2 is 1.73 bits per heavy atom. The van der Waals surface area contributed by atoms with E-state index in [1.807, 2.05) is 18.5 Å². The van der Waals surface area contributed by atoms with Crippen LogP contribution in [0.3, 0.4) is 0 Å². The molecule has 2 aromatic rings. The number of fused-ring (bicyclic) bond motifs is 1. The van der Waals surface area contributed by atoms with Crippen molar-refractivity contribution in [1.82, 2.24) is 4.98 Å². The molecular weight excluding hydrogens is 182 g/mol. The first kappa shape index (κ1) is 11.7. The van der Waals surface area contributed by atoms with E-state index in [2.05, 4.69) is 44.0 Å². The minimum Gasteiger partial charge on any atom is -0.264 e. The number of benzene rings is 1. The second kappa shape index (κ2) is 6.18. The van der Waals surface area contributed by atoms with Gasteiger partial charge in [-0.2, -0.15) is 0 Å². The molecule has 80 valence electrons. The Balaban J connectivity index is 0.000000245. The number of pyridine rings is 1. The molecule has 1 heterocycles. The first-order chi connectivity index (χ1) is 7.27. The summed E-state index contributed by atoms with van der Waals surface area (Å²) < 4.78 is 0. The fraction of sp³-hybridized carbons (Fsp3) is 0.357. The fourth-order valence-electron chi connectivity index (χ4n) is 1.20. The van der Waals surface area contributed by atoms with E-state index >= 15 is 0 Å². The first-order valence-corrected chi connectivity index (χ1v) is 5.58. The van der Waals surface area contributed by atoms with Crippen LogP contribution < -0.4 is 0 Å². The van der Waals surface area contributed by atoms with Crippen LogP contribution in [0.25, 0.3) is 10.8 Å². The van der Waals surface area contributed by atoms with E-state index in [-0.39, 0.29) is 0 Å². The second-order valence-corrected chi connectivity index (χ2v) is 3.73. The Bertz CT molecular complexity index is 405. The van der Waals surface area contributed by atoms with Crippen LogP contribution in [0, 0.1) is 6.92 Å². The van der Waals surface area contributed by atoms with E-state index in [9.17, 15) is 0 Å². The molecule has 0 spiro atoms. The minimum atomic E-state index is 1.21. The van der Waals surface area contributed by atoms with Gasteiger partial charge in [0.25, 0.3) is 0 Å². The van der Waals surface area contributed by atoms with Gasteiger partial charge in [0.05, 0.1) is 0 Å². The largest absolute Gasteiger partial charge is 0.264 e. The Kier molecular flexibility index (Phi) is 4.82. The van der Waals surface area contributed by atoms with Gasteiger partial charge >= 0.3 is 0 Å². The van der Waals surface area contributed by atoms with Gasteiger partial charge in [0.1, 0.15) is 0 Å². The van der Waals surface area contributed by atoms with E-state index in [1.54, 1.807) is 0 Å². The number of aryl methyl sites for hydroxylation is 1. The zero-order valence-corrected chi connectivity index (χ0v) is 9.83. The van der Waals surface area contributed by atoms with Crippen molar-refractivity contribution in [2.45, 2.75) is 33.6 Å². The maximum Gasteiger partial charge on any atom is 0.0346 e. The SMILES string of the molecule is CCCC.Cc1ccc2cnccc2c1. The van der Waals surface area contributed by atoms with E-state index in [0.717, 1.165) is 0 Å². The third-order valence-corrected chi connectivity index (χ3v) is 2.30. The number of aromatic nitrogens is 1. The van der Waals surface area contributed by atoms with E-state index in [1.165, 1.54) is 29.2 Å². The molecule has 15 heavy (non-hydrogen) atoms. The number of unbranched alkanes of at least 4 members (excludes halogenated alkanes) is 1.